The minimum absolute atomic E-state index is 0.0601. The fourth-order valence-corrected chi connectivity index (χ4v) is 2.56. The summed E-state index contributed by atoms with van der Waals surface area (Å²) in [6.07, 6.45) is 4.06. The second-order valence-electron chi connectivity index (χ2n) is 5.40. The summed E-state index contributed by atoms with van der Waals surface area (Å²) >= 11 is 0. The summed E-state index contributed by atoms with van der Waals surface area (Å²) < 4.78 is 7.34. The molecule has 1 N–H and O–H groups in total. The van der Waals surface area contributed by atoms with Crippen molar-refractivity contribution in [1.82, 2.24) is 20.1 Å². The number of carbonyl (C=O) groups excluding carboxylic acids is 1. The van der Waals surface area contributed by atoms with E-state index in [0.717, 1.165) is 31.6 Å². The van der Waals surface area contributed by atoms with E-state index in [2.05, 4.69) is 27.6 Å². The van der Waals surface area contributed by atoms with E-state index in [1.807, 2.05) is 22.8 Å². The van der Waals surface area contributed by atoms with Crippen LogP contribution in [0, 0.1) is 0 Å². The van der Waals surface area contributed by atoms with Crippen molar-refractivity contribution in [2.24, 2.45) is 0 Å². The summed E-state index contributed by atoms with van der Waals surface area (Å²) in [6, 6.07) is 10.3. The highest BCUT2D eigenvalue weighted by Crippen LogP contribution is 2.12. The van der Waals surface area contributed by atoms with Gasteiger partial charge in [-0.1, -0.05) is 30.3 Å². The normalized spacial score (nSPS) is 17.5. The van der Waals surface area contributed by atoms with E-state index in [0.29, 0.717) is 13.2 Å². The van der Waals surface area contributed by atoms with Gasteiger partial charge in [0.2, 0.25) is 5.91 Å². The van der Waals surface area contributed by atoms with E-state index in [9.17, 15) is 4.79 Å². The van der Waals surface area contributed by atoms with Crippen LogP contribution in [0.4, 0.5) is 0 Å². The first-order valence-electron chi connectivity index (χ1n) is 7.63. The fourth-order valence-electron chi connectivity index (χ4n) is 2.56. The number of ether oxygens (including phenoxy) is 1. The van der Waals surface area contributed by atoms with Crippen LogP contribution < -0.4 is 5.32 Å². The van der Waals surface area contributed by atoms with Gasteiger partial charge in [-0.2, -0.15) is 0 Å². The third kappa shape index (κ3) is 3.71. The van der Waals surface area contributed by atoms with Gasteiger partial charge in [-0.05, 0) is 24.8 Å². The molecule has 6 nitrogen and oxygen atoms in total. The van der Waals surface area contributed by atoms with Gasteiger partial charge in [0, 0.05) is 13.2 Å². The van der Waals surface area contributed by atoms with Gasteiger partial charge in [0.25, 0.3) is 0 Å². The number of benzene rings is 1. The first-order chi connectivity index (χ1) is 10.8. The molecule has 0 radical (unpaired) electrons. The zero-order chi connectivity index (χ0) is 15.2. The van der Waals surface area contributed by atoms with Crippen molar-refractivity contribution in [3.63, 3.8) is 0 Å². The van der Waals surface area contributed by atoms with E-state index >= 15 is 0 Å². The number of aromatic nitrogens is 3. The molecule has 1 fully saturated rings. The standard InChI is InChI=1S/C16H20N4O2/c21-16(14-7-4-10-22-14)17-11-15-19-18-12-20(15)9-8-13-5-2-1-3-6-13/h1-3,5-6,12,14H,4,7-11H2,(H,17,21)/t14-/m1/s1. The highest BCUT2D eigenvalue weighted by atomic mass is 16.5. The van der Waals surface area contributed by atoms with E-state index in [-0.39, 0.29) is 12.0 Å². The maximum absolute atomic E-state index is 11.9. The highest BCUT2D eigenvalue weighted by molar-refractivity contribution is 5.80. The molecule has 1 aliphatic heterocycles. The lowest BCUT2D eigenvalue weighted by Crippen LogP contribution is -2.34. The maximum atomic E-state index is 11.9. The first kappa shape index (κ1) is 14.7. The van der Waals surface area contributed by atoms with Gasteiger partial charge in [0.1, 0.15) is 12.4 Å². The molecule has 0 aliphatic carbocycles. The minimum Gasteiger partial charge on any atom is -0.368 e. The Labute approximate surface area is 129 Å². The molecule has 1 saturated heterocycles. The van der Waals surface area contributed by atoms with Crippen molar-refractivity contribution in [3.8, 4) is 0 Å². The minimum atomic E-state index is -0.305. The number of rotatable bonds is 6. The van der Waals surface area contributed by atoms with Crippen molar-refractivity contribution < 1.29 is 9.53 Å². The Balaban J connectivity index is 1.52. The van der Waals surface area contributed by atoms with Crippen LogP contribution in [0.5, 0.6) is 0 Å². The summed E-state index contributed by atoms with van der Waals surface area (Å²) in [4.78, 5) is 11.9. The second kappa shape index (κ2) is 7.17. The molecule has 0 unspecified atom stereocenters. The topological polar surface area (TPSA) is 69.0 Å². The molecule has 1 atom stereocenters. The van der Waals surface area contributed by atoms with Gasteiger partial charge in [0.15, 0.2) is 5.82 Å². The summed E-state index contributed by atoms with van der Waals surface area (Å²) in [5.74, 6) is 0.706. The molecule has 116 valence electrons. The second-order valence-corrected chi connectivity index (χ2v) is 5.40. The summed E-state index contributed by atoms with van der Waals surface area (Å²) in [5.41, 5.74) is 1.27. The lowest BCUT2D eigenvalue weighted by molar-refractivity contribution is -0.130. The predicted molar refractivity (Wildman–Crippen MR) is 81.0 cm³/mol. The first-order valence-corrected chi connectivity index (χ1v) is 7.63. The lowest BCUT2D eigenvalue weighted by atomic mass is 10.1. The molecule has 1 aromatic heterocycles. The fraction of sp³-hybridized carbons (Fsp3) is 0.438. The van der Waals surface area contributed by atoms with Gasteiger partial charge >= 0.3 is 0 Å². The van der Waals surface area contributed by atoms with Crippen LogP contribution in [-0.4, -0.2) is 33.4 Å². The molecule has 1 amide bonds. The van der Waals surface area contributed by atoms with Crippen LogP contribution in [0.1, 0.15) is 24.2 Å². The van der Waals surface area contributed by atoms with Crippen molar-refractivity contribution >= 4 is 5.91 Å². The molecule has 1 aromatic carbocycles. The Morgan fingerprint density at radius 2 is 2.23 bits per heavy atom. The Morgan fingerprint density at radius 3 is 3.00 bits per heavy atom. The van der Waals surface area contributed by atoms with Crippen LogP contribution in [0.3, 0.4) is 0 Å². The number of hydrogen-bond acceptors (Lipinski definition) is 4. The van der Waals surface area contributed by atoms with Crippen molar-refractivity contribution in [2.45, 2.75) is 38.5 Å². The van der Waals surface area contributed by atoms with Crippen LogP contribution >= 0.6 is 0 Å². The Hall–Kier alpha value is -2.21. The number of nitrogens with one attached hydrogen (secondary N) is 1. The number of carbonyl (C=O) groups is 1. The molecule has 2 aromatic rings. The van der Waals surface area contributed by atoms with Gasteiger partial charge in [-0.25, -0.2) is 0 Å². The van der Waals surface area contributed by atoms with Gasteiger partial charge in [-0.3, -0.25) is 4.79 Å². The smallest absolute Gasteiger partial charge is 0.249 e. The van der Waals surface area contributed by atoms with Crippen LogP contribution in [-0.2, 0) is 29.0 Å². The summed E-state index contributed by atoms with van der Waals surface area (Å²) in [5, 5.41) is 10.9. The van der Waals surface area contributed by atoms with Gasteiger partial charge < -0.3 is 14.6 Å². The van der Waals surface area contributed by atoms with E-state index in [4.69, 9.17) is 4.74 Å². The Kier molecular flexibility index (Phi) is 4.80. The Morgan fingerprint density at radius 1 is 1.36 bits per heavy atom. The molecule has 0 bridgehead atoms. The number of hydrogen-bond donors (Lipinski definition) is 1. The zero-order valence-electron chi connectivity index (χ0n) is 12.4. The van der Waals surface area contributed by atoms with E-state index in [1.54, 1.807) is 6.33 Å². The highest BCUT2D eigenvalue weighted by Gasteiger charge is 2.23. The van der Waals surface area contributed by atoms with Crippen molar-refractivity contribution in [2.75, 3.05) is 6.61 Å². The molecule has 6 heteroatoms. The zero-order valence-corrected chi connectivity index (χ0v) is 12.4. The molecule has 22 heavy (non-hydrogen) atoms. The summed E-state index contributed by atoms with van der Waals surface area (Å²) in [7, 11) is 0. The number of amides is 1. The predicted octanol–water partition coefficient (Wildman–Crippen LogP) is 1.32. The van der Waals surface area contributed by atoms with Crippen LogP contribution in [0.2, 0.25) is 0 Å². The van der Waals surface area contributed by atoms with Gasteiger partial charge in [0.05, 0.1) is 6.54 Å². The average Bonchev–Trinajstić information content (AvgIpc) is 3.23. The third-order valence-electron chi connectivity index (χ3n) is 3.82. The largest absolute Gasteiger partial charge is 0.368 e. The molecule has 1 aliphatic rings. The molecule has 3 rings (SSSR count). The monoisotopic (exact) mass is 300 g/mol. The van der Waals surface area contributed by atoms with Crippen molar-refractivity contribution in [3.05, 3.63) is 48.0 Å². The molecular formula is C16H20N4O2. The number of nitrogens with zero attached hydrogens (tertiary/aromatic N) is 3. The molecule has 0 spiro atoms. The maximum Gasteiger partial charge on any atom is 0.249 e. The SMILES string of the molecule is O=C(NCc1nncn1CCc1ccccc1)[C@H]1CCCO1. The van der Waals surface area contributed by atoms with E-state index < -0.39 is 0 Å². The molecular weight excluding hydrogens is 280 g/mol. The van der Waals surface area contributed by atoms with Crippen LogP contribution in [0.25, 0.3) is 0 Å². The Bertz CT molecular complexity index is 606. The van der Waals surface area contributed by atoms with Crippen molar-refractivity contribution in [1.29, 1.82) is 0 Å². The lowest BCUT2D eigenvalue weighted by Gasteiger charge is -2.11. The van der Waals surface area contributed by atoms with Gasteiger partial charge in [-0.15, -0.1) is 10.2 Å². The molecule has 2 heterocycles. The average molecular weight is 300 g/mol. The van der Waals surface area contributed by atoms with Crippen LogP contribution in [0.15, 0.2) is 36.7 Å². The van der Waals surface area contributed by atoms with E-state index in [1.165, 1.54) is 5.56 Å². The number of aryl methyl sites for hydroxylation is 2. The molecule has 0 saturated carbocycles. The quantitative estimate of drug-likeness (QED) is 0.873. The summed E-state index contributed by atoms with van der Waals surface area (Å²) in [6.45, 7) is 1.85. The third-order valence-corrected chi connectivity index (χ3v) is 3.82.